The second-order valence-electron chi connectivity index (χ2n) is 6.34. The number of hydrogen-bond donors (Lipinski definition) is 1. The molecule has 2 aliphatic rings. The summed E-state index contributed by atoms with van der Waals surface area (Å²) >= 11 is 0. The zero-order chi connectivity index (χ0) is 14.6. The fraction of sp³-hybridized carbons (Fsp3) is 1.00. The van der Waals surface area contributed by atoms with Crippen LogP contribution in [0.3, 0.4) is 0 Å². The molecule has 6 heteroatoms. The van der Waals surface area contributed by atoms with Crippen LogP contribution in [0.5, 0.6) is 0 Å². The first-order chi connectivity index (χ1) is 9.42. The molecule has 1 N–H and O–H groups in total. The van der Waals surface area contributed by atoms with E-state index < -0.39 is 12.7 Å². The molecule has 0 aromatic rings. The molecular formula is C14H26F3N3. The molecule has 0 bridgehead atoms. The van der Waals surface area contributed by atoms with Crippen LogP contribution in [0, 0.1) is 5.41 Å². The summed E-state index contributed by atoms with van der Waals surface area (Å²) in [4.78, 5) is 3.88. The van der Waals surface area contributed by atoms with Gasteiger partial charge in [-0.15, -0.1) is 0 Å². The number of nitrogens with one attached hydrogen (secondary N) is 1. The van der Waals surface area contributed by atoms with Crippen molar-refractivity contribution in [2.24, 2.45) is 5.41 Å². The molecule has 3 nitrogen and oxygen atoms in total. The summed E-state index contributed by atoms with van der Waals surface area (Å²) in [7, 11) is 0. The van der Waals surface area contributed by atoms with E-state index in [0.717, 1.165) is 32.7 Å². The van der Waals surface area contributed by atoms with E-state index in [4.69, 9.17) is 0 Å². The van der Waals surface area contributed by atoms with Gasteiger partial charge in [0.25, 0.3) is 0 Å². The van der Waals surface area contributed by atoms with E-state index in [-0.39, 0.29) is 0 Å². The Morgan fingerprint density at radius 2 is 1.75 bits per heavy atom. The minimum atomic E-state index is -4.07. The molecule has 0 aromatic carbocycles. The second kappa shape index (κ2) is 6.62. The number of hydrogen-bond acceptors (Lipinski definition) is 3. The maximum atomic E-state index is 12.4. The van der Waals surface area contributed by atoms with Gasteiger partial charge in [0.1, 0.15) is 0 Å². The Hall–Kier alpha value is -0.330. The monoisotopic (exact) mass is 293 g/mol. The molecule has 20 heavy (non-hydrogen) atoms. The third-order valence-electron chi connectivity index (χ3n) is 4.54. The SMILES string of the molecule is CCCC1(CN2CCN(CC(F)(F)F)CC2)CCNC1. The molecule has 2 rings (SSSR count). The minimum Gasteiger partial charge on any atom is -0.316 e. The van der Waals surface area contributed by atoms with E-state index >= 15 is 0 Å². The molecule has 118 valence electrons. The van der Waals surface area contributed by atoms with Crippen LogP contribution in [0.15, 0.2) is 0 Å². The van der Waals surface area contributed by atoms with Crippen molar-refractivity contribution in [2.45, 2.75) is 32.4 Å². The van der Waals surface area contributed by atoms with Crippen molar-refractivity contribution in [1.29, 1.82) is 0 Å². The van der Waals surface area contributed by atoms with Crippen LogP contribution >= 0.6 is 0 Å². The van der Waals surface area contributed by atoms with E-state index in [1.165, 1.54) is 24.2 Å². The van der Waals surface area contributed by atoms with E-state index in [0.29, 0.717) is 18.5 Å². The highest BCUT2D eigenvalue weighted by Gasteiger charge is 2.36. The average molecular weight is 293 g/mol. The summed E-state index contributed by atoms with van der Waals surface area (Å²) in [5, 5.41) is 3.44. The van der Waals surface area contributed by atoms with Gasteiger partial charge in [0.2, 0.25) is 0 Å². The number of piperazine rings is 1. The molecule has 0 aliphatic carbocycles. The fourth-order valence-electron chi connectivity index (χ4n) is 3.59. The quantitative estimate of drug-likeness (QED) is 0.836. The third kappa shape index (κ3) is 4.60. The van der Waals surface area contributed by atoms with Crippen molar-refractivity contribution in [1.82, 2.24) is 15.1 Å². The lowest BCUT2D eigenvalue weighted by Crippen LogP contribution is -2.52. The van der Waals surface area contributed by atoms with Crippen molar-refractivity contribution in [3.63, 3.8) is 0 Å². The zero-order valence-corrected chi connectivity index (χ0v) is 12.3. The molecule has 0 saturated carbocycles. The molecule has 0 spiro atoms. The number of rotatable bonds is 5. The first-order valence-electron chi connectivity index (χ1n) is 7.65. The molecular weight excluding hydrogens is 267 g/mol. The predicted molar refractivity (Wildman–Crippen MR) is 73.8 cm³/mol. The van der Waals surface area contributed by atoms with Crippen LogP contribution in [0.1, 0.15) is 26.2 Å². The van der Waals surface area contributed by atoms with E-state index in [2.05, 4.69) is 17.1 Å². The van der Waals surface area contributed by atoms with Crippen LogP contribution < -0.4 is 5.32 Å². The minimum absolute atomic E-state index is 0.348. The van der Waals surface area contributed by atoms with Gasteiger partial charge < -0.3 is 10.2 Å². The summed E-state index contributed by atoms with van der Waals surface area (Å²) in [5.41, 5.74) is 0.348. The molecule has 0 aromatic heterocycles. The lowest BCUT2D eigenvalue weighted by molar-refractivity contribution is -0.149. The standard InChI is InChI=1S/C14H26F3N3/c1-2-3-13(4-5-18-10-13)11-19-6-8-20(9-7-19)12-14(15,16)17/h18H,2-12H2,1H3. The zero-order valence-electron chi connectivity index (χ0n) is 12.3. The molecule has 2 saturated heterocycles. The Kier molecular flexibility index (Phi) is 5.31. The fourth-order valence-corrected chi connectivity index (χ4v) is 3.59. The summed E-state index contributed by atoms with van der Waals surface area (Å²) in [6.07, 6.45) is -0.483. The Bertz CT molecular complexity index is 293. The lowest BCUT2D eigenvalue weighted by Gasteiger charge is -2.40. The molecule has 2 fully saturated rings. The molecule has 1 unspecified atom stereocenters. The van der Waals surface area contributed by atoms with Crippen LogP contribution in [0.4, 0.5) is 13.2 Å². The van der Waals surface area contributed by atoms with Crippen LogP contribution in [-0.2, 0) is 0 Å². The maximum absolute atomic E-state index is 12.4. The largest absolute Gasteiger partial charge is 0.401 e. The average Bonchev–Trinajstić information content (AvgIpc) is 2.79. The van der Waals surface area contributed by atoms with E-state index in [9.17, 15) is 13.2 Å². The molecule has 0 radical (unpaired) electrons. The van der Waals surface area contributed by atoms with Crippen LogP contribution in [0.25, 0.3) is 0 Å². The van der Waals surface area contributed by atoms with Crippen molar-refractivity contribution >= 4 is 0 Å². The highest BCUT2D eigenvalue weighted by atomic mass is 19.4. The highest BCUT2D eigenvalue weighted by molar-refractivity contribution is 4.91. The van der Waals surface area contributed by atoms with Gasteiger partial charge in [-0.1, -0.05) is 13.3 Å². The predicted octanol–water partition coefficient (Wildman–Crippen LogP) is 1.95. The van der Waals surface area contributed by atoms with Gasteiger partial charge >= 0.3 is 6.18 Å². The molecule has 2 aliphatic heterocycles. The number of nitrogens with zero attached hydrogens (tertiary/aromatic N) is 2. The summed E-state index contributed by atoms with van der Waals surface area (Å²) in [6, 6.07) is 0. The van der Waals surface area contributed by atoms with Crippen molar-refractivity contribution in [2.75, 3.05) is 52.4 Å². The molecule has 1 atom stereocenters. The van der Waals surface area contributed by atoms with E-state index in [1.807, 2.05) is 0 Å². The summed E-state index contributed by atoms with van der Waals surface area (Å²) in [5.74, 6) is 0. The smallest absolute Gasteiger partial charge is 0.316 e. The van der Waals surface area contributed by atoms with Gasteiger partial charge in [0, 0.05) is 39.3 Å². The topological polar surface area (TPSA) is 18.5 Å². The Balaban J connectivity index is 1.78. The van der Waals surface area contributed by atoms with Crippen LogP contribution in [0.2, 0.25) is 0 Å². The van der Waals surface area contributed by atoms with Crippen LogP contribution in [-0.4, -0.2) is 68.3 Å². The Morgan fingerprint density at radius 3 is 2.25 bits per heavy atom. The number of halogens is 3. The van der Waals surface area contributed by atoms with Gasteiger partial charge in [-0.05, 0) is 24.8 Å². The number of alkyl halides is 3. The molecule has 0 amide bonds. The Morgan fingerprint density at radius 1 is 1.10 bits per heavy atom. The van der Waals surface area contributed by atoms with Gasteiger partial charge in [-0.3, -0.25) is 4.90 Å². The first-order valence-corrected chi connectivity index (χ1v) is 7.65. The summed E-state index contributed by atoms with van der Waals surface area (Å²) in [6.45, 7) is 7.22. The van der Waals surface area contributed by atoms with Gasteiger partial charge in [0.15, 0.2) is 0 Å². The van der Waals surface area contributed by atoms with Gasteiger partial charge in [-0.25, -0.2) is 0 Å². The maximum Gasteiger partial charge on any atom is 0.401 e. The normalized spacial score (nSPS) is 30.0. The van der Waals surface area contributed by atoms with Crippen molar-refractivity contribution in [3.8, 4) is 0 Å². The van der Waals surface area contributed by atoms with Crippen molar-refractivity contribution in [3.05, 3.63) is 0 Å². The van der Waals surface area contributed by atoms with Gasteiger partial charge in [-0.2, -0.15) is 13.2 Å². The van der Waals surface area contributed by atoms with Gasteiger partial charge in [0.05, 0.1) is 6.54 Å². The molecule has 2 heterocycles. The lowest BCUT2D eigenvalue weighted by atomic mass is 9.82. The third-order valence-corrected chi connectivity index (χ3v) is 4.54. The van der Waals surface area contributed by atoms with Crippen molar-refractivity contribution < 1.29 is 13.2 Å². The summed E-state index contributed by atoms with van der Waals surface area (Å²) < 4.78 is 37.1. The first kappa shape index (κ1) is 16.0. The Labute approximate surface area is 119 Å². The van der Waals surface area contributed by atoms with E-state index in [1.54, 1.807) is 0 Å². The highest BCUT2D eigenvalue weighted by Crippen LogP contribution is 2.32. The second-order valence-corrected chi connectivity index (χ2v) is 6.34.